The molecule has 1 spiro atoms. The fourth-order valence-electron chi connectivity index (χ4n) is 3.97. The van der Waals surface area contributed by atoms with Crippen LogP contribution in [0.2, 0.25) is 0 Å². The Morgan fingerprint density at radius 2 is 2.04 bits per heavy atom. The highest BCUT2D eigenvalue weighted by Crippen LogP contribution is 2.45. The molecule has 2 saturated heterocycles. The zero-order valence-corrected chi connectivity index (χ0v) is 16.3. The maximum atomic E-state index is 13.8. The second-order valence-electron chi connectivity index (χ2n) is 6.97. The van der Waals surface area contributed by atoms with E-state index < -0.39 is 15.8 Å². The monoisotopic (exact) mass is 392 g/mol. The predicted molar refractivity (Wildman–Crippen MR) is 97.0 cm³/mol. The molecule has 0 saturated carbocycles. The Hall–Kier alpha value is -0.730. The van der Waals surface area contributed by atoms with Crippen LogP contribution in [-0.4, -0.2) is 52.6 Å². The van der Waals surface area contributed by atoms with E-state index in [2.05, 4.69) is 5.32 Å². The minimum absolute atomic E-state index is 0. The maximum absolute atomic E-state index is 13.8. The predicted octanol–water partition coefficient (Wildman–Crippen LogP) is 2.19. The van der Waals surface area contributed by atoms with E-state index >= 15 is 0 Å². The molecule has 0 bridgehead atoms. The van der Waals surface area contributed by atoms with Gasteiger partial charge in [-0.2, -0.15) is 4.31 Å². The van der Waals surface area contributed by atoms with Gasteiger partial charge < -0.3 is 10.1 Å². The molecule has 0 aliphatic carbocycles. The Bertz CT molecular complexity index is 708. The zero-order valence-electron chi connectivity index (χ0n) is 14.6. The van der Waals surface area contributed by atoms with Crippen LogP contribution in [0.3, 0.4) is 0 Å². The SMILES string of the molecule is COCC1CN(S(=O)(=O)c2ccc(C)c(F)c2)CC12CCNCC2.Cl. The summed E-state index contributed by atoms with van der Waals surface area (Å²) < 4.78 is 46.7. The number of methoxy groups -OCH3 is 1. The molecule has 2 aliphatic heterocycles. The van der Waals surface area contributed by atoms with Crippen LogP contribution >= 0.6 is 12.4 Å². The van der Waals surface area contributed by atoms with Gasteiger partial charge in [0, 0.05) is 26.1 Å². The fourth-order valence-corrected chi connectivity index (χ4v) is 5.57. The van der Waals surface area contributed by atoms with Gasteiger partial charge in [-0.1, -0.05) is 6.07 Å². The molecule has 0 aromatic heterocycles. The van der Waals surface area contributed by atoms with Gasteiger partial charge in [-0.3, -0.25) is 0 Å². The molecule has 5 nitrogen and oxygen atoms in total. The summed E-state index contributed by atoms with van der Waals surface area (Å²) >= 11 is 0. The molecule has 1 aromatic carbocycles. The van der Waals surface area contributed by atoms with Crippen molar-refractivity contribution in [3.63, 3.8) is 0 Å². The molecule has 2 fully saturated rings. The number of hydrogen-bond acceptors (Lipinski definition) is 4. The Balaban J connectivity index is 0.00000225. The highest BCUT2D eigenvalue weighted by atomic mass is 35.5. The van der Waals surface area contributed by atoms with E-state index in [1.807, 2.05) is 0 Å². The van der Waals surface area contributed by atoms with Gasteiger partial charge in [0.05, 0.1) is 11.5 Å². The number of aryl methyl sites for hydroxylation is 1. The van der Waals surface area contributed by atoms with Crippen molar-refractivity contribution in [1.82, 2.24) is 9.62 Å². The molecular weight excluding hydrogens is 367 g/mol. The van der Waals surface area contributed by atoms with Crippen molar-refractivity contribution < 1.29 is 17.5 Å². The summed E-state index contributed by atoms with van der Waals surface area (Å²) in [4.78, 5) is 0.0350. The van der Waals surface area contributed by atoms with Crippen LogP contribution in [0.15, 0.2) is 23.1 Å². The first-order chi connectivity index (χ1) is 11.4. The van der Waals surface area contributed by atoms with Gasteiger partial charge in [-0.15, -0.1) is 12.4 Å². The van der Waals surface area contributed by atoms with Crippen molar-refractivity contribution in [2.45, 2.75) is 24.7 Å². The molecule has 25 heavy (non-hydrogen) atoms. The first-order valence-electron chi connectivity index (χ1n) is 8.35. The molecule has 2 heterocycles. The smallest absolute Gasteiger partial charge is 0.243 e. The van der Waals surface area contributed by atoms with Gasteiger partial charge in [0.1, 0.15) is 5.82 Å². The Morgan fingerprint density at radius 1 is 1.36 bits per heavy atom. The average molecular weight is 393 g/mol. The molecule has 1 atom stereocenters. The standard InChI is InChI=1S/C17H25FN2O3S.ClH/c1-13-3-4-15(9-16(13)18)24(21,22)20-10-14(11-23-2)17(12-20)5-7-19-8-6-17;/h3-4,9,14,19H,5-8,10-12H2,1-2H3;1H. The normalized spacial score (nSPS) is 23.6. The van der Waals surface area contributed by atoms with Crippen molar-refractivity contribution >= 4 is 22.4 Å². The number of nitrogens with zero attached hydrogens (tertiary/aromatic N) is 1. The van der Waals surface area contributed by atoms with E-state index in [1.165, 1.54) is 16.4 Å². The number of piperidine rings is 1. The second-order valence-corrected chi connectivity index (χ2v) is 8.91. The van der Waals surface area contributed by atoms with E-state index in [9.17, 15) is 12.8 Å². The van der Waals surface area contributed by atoms with Crippen molar-refractivity contribution in [3.05, 3.63) is 29.6 Å². The van der Waals surface area contributed by atoms with Crippen LogP contribution in [0.4, 0.5) is 4.39 Å². The first kappa shape index (κ1) is 20.6. The number of ether oxygens (including phenoxy) is 1. The van der Waals surface area contributed by atoms with Crippen LogP contribution in [0.25, 0.3) is 0 Å². The molecule has 1 aromatic rings. The molecule has 1 N–H and O–H groups in total. The van der Waals surface area contributed by atoms with Crippen LogP contribution < -0.4 is 5.32 Å². The highest BCUT2D eigenvalue weighted by molar-refractivity contribution is 7.89. The summed E-state index contributed by atoms with van der Waals surface area (Å²) in [7, 11) is -2.03. The minimum atomic E-state index is -3.69. The number of sulfonamides is 1. The molecular formula is C17H26ClFN2O3S. The van der Waals surface area contributed by atoms with Gasteiger partial charge >= 0.3 is 0 Å². The number of nitrogens with one attached hydrogen (secondary N) is 1. The lowest BCUT2D eigenvalue weighted by Gasteiger charge is -2.38. The van der Waals surface area contributed by atoms with Gasteiger partial charge in [0.15, 0.2) is 0 Å². The topological polar surface area (TPSA) is 58.6 Å². The molecule has 0 radical (unpaired) electrons. The summed E-state index contributed by atoms with van der Waals surface area (Å²) in [5.41, 5.74) is 0.403. The summed E-state index contributed by atoms with van der Waals surface area (Å²) in [6, 6.07) is 4.14. The molecule has 0 amide bonds. The van der Waals surface area contributed by atoms with E-state index in [4.69, 9.17) is 4.74 Å². The number of rotatable bonds is 4. The summed E-state index contributed by atoms with van der Waals surface area (Å²) in [5.74, 6) is -0.310. The Labute approximate surface area is 155 Å². The quantitative estimate of drug-likeness (QED) is 0.853. The van der Waals surface area contributed by atoms with Crippen LogP contribution in [0.5, 0.6) is 0 Å². The molecule has 3 rings (SSSR count). The zero-order chi connectivity index (χ0) is 17.4. The lowest BCUT2D eigenvalue weighted by molar-refractivity contribution is 0.0718. The fraction of sp³-hybridized carbons (Fsp3) is 0.647. The molecule has 1 unspecified atom stereocenters. The van der Waals surface area contributed by atoms with Crippen molar-refractivity contribution in [1.29, 1.82) is 0 Å². The van der Waals surface area contributed by atoms with Crippen LogP contribution in [0.1, 0.15) is 18.4 Å². The summed E-state index contributed by atoms with van der Waals surface area (Å²) in [6.07, 6.45) is 1.88. The number of benzene rings is 1. The van der Waals surface area contributed by atoms with Gasteiger partial charge in [0.25, 0.3) is 0 Å². The number of hydrogen-bond donors (Lipinski definition) is 1. The molecule has 2 aliphatic rings. The molecule has 8 heteroatoms. The third-order valence-corrected chi connectivity index (χ3v) is 7.34. The second kappa shape index (κ2) is 7.88. The Morgan fingerprint density at radius 3 is 2.64 bits per heavy atom. The first-order valence-corrected chi connectivity index (χ1v) is 9.79. The van der Waals surface area contributed by atoms with Crippen molar-refractivity contribution in [2.75, 3.05) is 39.9 Å². The molecule has 142 valence electrons. The third-order valence-electron chi connectivity index (χ3n) is 5.53. The summed E-state index contributed by atoms with van der Waals surface area (Å²) in [6.45, 7) is 4.89. The summed E-state index contributed by atoms with van der Waals surface area (Å²) in [5, 5.41) is 3.34. The van der Waals surface area contributed by atoms with E-state index in [1.54, 1.807) is 14.0 Å². The minimum Gasteiger partial charge on any atom is -0.384 e. The lowest BCUT2D eigenvalue weighted by atomic mass is 9.71. The van der Waals surface area contributed by atoms with E-state index in [-0.39, 0.29) is 28.6 Å². The van der Waals surface area contributed by atoms with E-state index in [0.29, 0.717) is 25.3 Å². The maximum Gasteiger partial charge on any atom is 0.243 e. The van der Waals surface area contributed by atoms with Gasteiger partial charge in [-0.05, 0) is 56.0 Å². The van der Waals surface area contributed by atoms with E-state index in [0.717, 1.165) is 32.0 Å². The lowest BCUT2D eigenvalue weighted by Crippen LogP contribution is -2.43. The Kier molecular flexibility index (Phi) is 6.49. The largest absolute Gasteiger partial charge is 0.384 e. The highest BCUT2D eigenvalue weighted by Gasteiger charge is 2.50. The van der Waals surface area contributed by atoms with Crippen LogP contribution in [-0.2, 0) is 14.8 Å². The van der Waals surface area contributed by atoms with Gasteiger partial charge in [0.2, 0.25) is 10.0 Å². The van der Waals surface area contributed by atoms with Crippen molar-refractivity contribution in [2.24, 2.45) is 11.3 Å². The van der Waals surface area contributed by atoms with Gasteiger partial charge in [-0.25, -0.2) is 12.8 Å². The third kappa shape index (κ3) is 3.85. The van der Waals surface area contributed by atoms with Crippen molar-refractivity contribution in [3.8, 4) is 0 Å². The van der Waals surface area contributed by atoms with Crippen LogP contribution in [0, 0.1) is 24.1 Å². The number of halogens is 2. The average Bonchev–Trinajstić information content (AvgIpc) is 2.90.